The summed E-state index contributed by atoms with van der Waals surface area (Å²) in [5.74, 6) is 0.0694. The highest BCUT2D eigenvalue weighted by atomic mass is 19.1. The van der Waals surface area contributed by atoms with Gasteiger partial charge in [-0.05, 0) is 38.3 Å². The van der Waals surface area contributed by atoms with E-state index in [0.29, 0.717) is 11.3 Å². The zero-order valence-electron chi connectivity index (χ0n) is 10.8. The molecule has 0 N–H and O–H groups in total. The largest absolute Gasteiger partial charge is 0.481 e. The summed E-state index contributed by atoms with van der Waals surface area (Å²) in [5, 5.41) is 0. The van der Waals surface area contributed by atoms with E-state index in [-0.39, 0.29) is 11.7 Å². The van der Waals surface area contributed by atoms with Gasteiger partial charge in [-0.3, -0.25) is 4.79 Å². The molecule has 0 aliphatic carbocycles. The van der Waals surface area contributed by atoms with E-state index >= 15 is 0 Å². The smallest absolute Gasteiger partial charge is 0.263 e. The Morgan fingerprint density at radius 2 is 2.06 bits per heavy atom. The van der Waals surface area contributed by atoms with Gasteiger partial charge < -0.3 is 9.64 Å². The molecule has 1 aromatic rings. The van der Waals surface area contributed by atoms with Crippen LogP contribution in [0.5, 0.6) is 5.75 Å². The van der Waals surface area contributed by atoms with Crippen LogP contribution in [0.4, 0.5) is 4.39 Å². The lowest BCUT2D eigenvalue weighted by atomic mass is 10.2. The van der Waals surface area contributed by atoms with Crippen molar-refractivity contribution in [3.8, 4) is 5.75 Å². The third-order valence-electron chi connectivity index (χ3n) is 3.22. The lowest BCUT2D eigenvalue weighted by Gasteiger charge is -2.21. The quantitative estimate of drug-likeness (QED) is 0.826. The first-order valence-corrected chi connectivity index (χ1v) is 6.29. The Morgan fingerprint density at radius 3 is 2.67 bits per heavy atom. The number of hydrogen-bond donors (Lipinski definition) is 0. The maximum atomic E-state index is 13.4. The van der Waals surface area contributed by atoms with Crippen LogP contribution in [0.2, 0.25) is 0 Å². The molecule has 2 rings (SSSR count). The Labute approximate surface area is 107 Å². The maximum Gasteiger partial charge on any atom is 0.263 e. The standard InChI is InChI=1S/C14H18FNO2/c1-10-5-6-12(9-13(10)15)18-11(2)14(17)16-7-3-4-8-16/h5-6,9,11H,3-4,7-8H2,1-2H3. The Bertz CT molecular complexity index is 441. The number of amides is 1. The molecular weight excluding hydrogens is 233 g/mol. The van der Waals surface area contributed by atoms with Crippen LogP contribution in [0.25, 0.3) is 0 Å². The average molecular weight is 251 g/mol. The van der Waals surface area contributed by atoms with Gasteiger partial charge >= 0.3 is 0 Å². The molecule has 1 aliphatic heterocycles. The summed E-state index contributed by atoms with van der Waals surface area (Å²) in [6, 6.07) is 4.66. The van der Waals surface area contributed by atoms with Crippen molar-refractivity contribution in [1.82, 2.24) is 4.90 Å². The van der Waals surface area contributed by atoms with E-state index in [2.05, 4.69) is 0 Å². The predicted molar refractivity (Wildman–Crippen MR) is 67.0 cm³/mol. The van der Waals surface area contributed by atoms with Gasteiger partial charge in [-0.1, -0.05) is 6.07 Å². The maximum absolute atomic E-state index is 13.4. The molecule has 0 aromatic heterocycles. The summed E-state index contributed by atoms with van der Waals surface area (Å²) in [6.07, 6.45) is 1.54. The number of halogens is 1. The van der Waals surface area contributed by atoms with E-state index in [1.807, 2.05) is 0 Å². The number of nitrogens with zero attached hydrogens (tertiary/aromatic N) is 1. The van der Waals surface area contributed by atoms with Crippen LogP contribution in [0.1, 0.15) is 25.3 Å². The molecule has 1 fully saturated rings. The molecule has 1 atom stereocenters. The molecule has 0 saturated carbocycles. The molecular formula is C14H18FNO2. The van der Waals surface area contributed by atoms with Gasteiger partial charge in [0, 0.05) is 19.2 Å². The van der Waals surface area contributed by atoms with Gasteiger partial charge in [0.05, 0.1) is 0 Å². The number of rotatable bonds is 3. The number of benzene rings is 1. The van der Waals surface area contributed by atoms with Crippen molar-refractivity contribution < 1.29 is 13.9 Å². The van der Waals surface area contributed by atoms with Gasteiger partial charge in [0.15, 0.2) is 6.10 Å². The lowest BCUT2D eigenvalue weighted by molar-refractivity contribution is -0.136. The molecule has 3 nitrogen and oxygen atoms in total. The Balaban J connectivity index is 1.99. The summed E-state index contributed by atoms with van der Waals surface area (Å²) in [6.45, 7) is 5.00. The highest BCUT2D eigenvalue weighted by Crippen LogP contribution is 2.18. The fourth-order valence-electron chi connectivity index (χ4n) is 2.10. The highest BCUT2D eigenvalue weighted by Gasteiger charge is 2.24. The van der Waals surface area contributed by atoms with Gasteiger partial charge in [0.25, 0.3) is 5.91 Å². The second kappa shape index (κ2) is 5.38. The van der Waals surface area contributed by atoms with Crippen molar-refractivity contribution in [3.05, 3.63) is 29.6 Å². The van der Waals surface area contributed by atoms with Crippen LogP contribution in [-0.4, -0.2) is 30.0 Å². The second-order valence-corrected chi connectivity index (χ2v) is 4.70. The second-order valence-electron chi connectivity index (χ2n) is 4.70. The van der Waals surface area contributed by atoms with Gasteiger partial charge in [-0.25, -0.2) is 4.39 Å². The predicted octanol–water partition coefficient (Wildman–Crippen LogP) is 2.52. The number of ether oxygens (including phenoxy) is 1. The highest BCUT2D eigenvalue weighted by molar-refractivity contribution is 5.81. The van der Waals surface area contributed by atoms with Gasteiger partial charge in [-0.2, -0.15) is 0 Å². The molecule has 0 spiro atoms. The molecule has 0 radical (unpaired) electrons. The van der Waals surface area contributed by atoms with E-state index in [9.17, 15) is 9.18 Å². The van der Waals surface area contributed by atoms with E-state index in [4.69, 9.17) is 4.74 Å². The Kier molecular flexibility index (Phi) is 3.84. The topological polar surface area (TPSA) is 29.5 Å². The normalized spacial score (nSPS) is 16.7. The lowest BCUT2D eigenvalue weighted by Crippen LogP contribution is -2.38. The summed E-state index contributed by atoms with van der Waals surface area (Å²) in [7, 11) is 0. The Hall–Kier alpha value is -1.58. The minimum atomic E-state index is -0.565. The molecule has 4 heteroatoms. The van der Waals surface area contributed by atoms with E-state index in [1.165, 1.54) is 6.07 Å². The summed E-state index contributed by atoms with van der Waals surface area (Å²) < 4.78 is 18.8. The van der Waals surface area contributed by atoms with Crippen molar-refractivity contribution >= 4 is 5.91 Å². The van der Waals surface area contributed by atoms with Gasteiger partial charge in [-0.15, -0.1) is 0 Å². The number of carbonyl (C=O) groups is 1. The van der Waals surface area contributed by atoms with Gasteiger partial charge in [0.1, 0.15) is 11.6 Å². The molecule has 98 valence electrons. The first kappa shape index (κ1) is 12.9. The van der Waals surface area contributed by atoms with Crippen molar-refractivity contribution in [2.24, 2.45) is 0 Å². The molecule has 1 aliphatic rings. The van der Waals surface area contributed by atoms with E-state index < -0.39 is 6.10 Å². The minimum Gasteiger partial charge on any atom is -0.481 e. The molecule has 1 amide bonds. The number of hydrogen-bond acceptors (Lipinski definition) is 2. The van der Waals surface area contributed by atoms with Crippen LogP contribution < -0.4 is 4.74 Å². The van der Waals surface area contributed by atoms with Crippen molar-refractivity contribution in [2.45, 2.75) is 32.8 Å². The monoisotopic (exact) mass is 251 g/mol. The van der Waals surface area contributed by atoms with Crippen molar-refractivity contribution in [3.63, 3.8) is 0 Å². The number of carbonyl (C=O) groups excluding carboxylic acids is 1. The zero-order valence-corrected chi connectivity index (χ0v) is 10.8. The van der Waals surface area contributed by atoms with E-state index in [1.54, 1.807) is 30.9 Å². The first-order valence-electron chi connectivity index (χ1n) is 6.29. The molecule has 1 aromatic carbocycles. The molecule has 1 heterocycles. The summed E-state index contributed by atoms with van der Waals surface area (Å²) >= 11 is 0. The first-order chi connectivity index (χ1) is 8.58. The Morgan fingerprint density at radius 1 is 1.39 bits per heavy atom. The third-order valence-corrected chi connectivity index (χ3v) is 3.22. The number of likely N-dealkylation sites (tertiary alicyclic amines) is 1. The van der Waals surface area contributed by atoms with Crippen LogP contribution in [0.3, 0.4) is 0 Å². The number of aryl methyl sites for hydroxylation is 1. The van der Waals surface area contributed by atoms with Crippen LogP contribution in [0.15, 0.2) is 18.2 Å². The van der Waals surface area contributed by atoms with Crippen LogP contribution in [0, 0.1) is 12.7 Å². The molecule has 1 saturated heterocycles. The van der Waals surface area contributed by atoms with Crippen LogP contribution in [-0.2, 0) is 4.79 Å². The molecule has 0 bridgehead atoms. The summed E-state index contributed by atoms with van der Waals surface area (Å²) in [4.78, 5) is 13.8. The average Bonchev–Trinajstić information content (AvgIpc) is 2.86. The third kappa shape index (κ3) is 2.81. The van der Waals surface area contributed by atoms with Crippen LogP contribution >= 0.6 is 0 Å². The fourth-order valence-corrected chi connectivity index (χ4v) is 2.10. The van der Waals surface area contributed by atoms with Gasteiger partial charge in [0.2, 0.25) is 0 Å². The SMILES string of the molecule is Cc1ccc(OC(C)C(=O)N2CCCC2)cc1F. The van der Waals surface area contributed by atoms with Crippen molar-refractivity contribution in [2.75, 3.05) is 13.1 Å². The van der Waals surface area contributed by atoms with E-state index in [0.717, 1.165) is 25.9 Å². The summed E-state index contributed by atoms with van der Waals surface area (Å²) in [5.41, 5.74) is 0.570. The zero-order chi connectivity index (χ0) is 13.1. The molecule has 1 unspecified atom stereocenters. The fraction of sp³-hybridized carbons (Fsp3) is 0.500. The molecule has 18 heavy (non-hydrogen) atoms. The minimum absolute atomic E-state index is 0.0199. The van der Waals surface area contributed by atoms with Crippen molar-refractivity contribution in [1.29, 1.82) is 0 Å².